The van der Waals surface area contributed by atoms with Gasteiger partial charge in [0.05, 0.1) is 32.5 Å². The highest BCUT2D eigenvalue weighted by Gasteiger charge is 2.26. The van der Waals surface area contributed by atoms with Gasteiger partial charge in [-0.3, -0.25) is 24.7 Å². The Bertz CT molecular complexity index is 1950. The Balaban J connectivity index is 1.28. The van der Waals surface area contributed by atoms with Crippen molar-refractivity contribution in [1.82, 2.24) is 35.1 Å². The molecule has 0 unspecified atom stereocenters. The number of aromatic nitrogens is 7. The number of imidazole rings is 1. The average molecular weight is 553 g/mol. The summed E-state index contributed by atoms with van der Waals surface area (Å²) < 4.78 is 16.1. The van der Waals surface area contributed by atoms with E-state index in [0.717, 1.165) is 24.1 Å². The van der Waals surface area contributed by atoms with Crippen LogP contribution >= 0.6 is 11.3 Å². The number of fused-ring (bicyclic) bond motifs is 2. The van der Waals surface area contributed by atoms with Gasteiger partial charge in [0.1, 0.15) is 22.7 Å². The molecular formula is C28H21FN8O2S. The standard InChI is InChI=1S/C28H21FN8O2S/c1-13(38)19-5-6-20(40-19)24-23-18(7-8-31-24)34-27(35-23)25-21-22(29)17(12-32-26(21)37-36-25)15-9-16(11-30-10-15)33-28(39)14-3-2-4-14/h5-12,14H,2-4H2,1H3,(H,33,39)(H,34,35)(H,32,36,37). The lowest BCUT2D eigenvalue weighted by Crippen LogP contribution is -2.28. The molecule has 1 aliphatic carbocycles. The van der Waals surface area contributed by atoms with E-state index in [1.807, 2.05) is 6.07 Å². The second-order valence-electron chi connectivity index (χ2n) is 9.72. The minimum atomic E-state index is -0.541. The Morgan fingerprint density at radius 2 is 2.00 bits per heavy atom. The van der Waals surface area contributed by atoms with Crippen LogP contribution in [0.15, 0.2) is 49.1 Å². The molecular weight excluding hydrogens is 531 g/mol. The summed E-state index contributed by atoms with van der Waals surface area (Å²) in [6.07, 6.45) is 8.94. The first-order chi connectivity index (χ1) is 19.5. The van der Waals surface area contributed by atoms with Gasteiger partial charge in [0.15, 0.2) is 17.3 Å². The van der Waals surface area contributed by atoms with Crippen LogP contribution in [-0.4, -0.2) is 46.8 Å². The highest BCUT2D eigenvalue weighted by molar-refractivity contribution is 7.17. The van der Waals surface area contributed by atoms with Crippen LogP contribution < -0.4 is 5.32 Å². The lowest BCUT2D eigenvalue weighted by Gasteiger charge is -2.24. The van der Waals surface area contributed by atoms with Gasteiger partial charge in [-0.05, 0) is 44.0 Å². The molecule has 0 aromatic carbocycles. The lowest BCUT2D eigenvalue weighted by atomic mass is 9.85. The van der Waals surface area contributed by atoms with Crippen LogP contribution in [-0.2, 0) is 4.79 Å². The number of rotatable bonds is 6. The molecule has 0 bridgehead atoms. The number of halogens is 1. The Morgan fingerprint density at radius 3 is 2.77 bits per heavy atom. The average Bonchev–Trinajstić information content (AvgIpc) is 3.65. The van der Waals surface area contributed by atoms with Gasteiger partial charge in [-0.2, -0.15) is 5.10 Å². The number of hydrogen-bond acceptors (Lipinski definition) is 8. The van der Waals surface area contributed by atoms with Crippen LogP contribution in [0, 0.1) is 11.7 Å². The molecule has 0 radical (unpaired) electrons. The zero-order valence-corrected chi connectivity index (χ0v) is 22.0. The van der Waals surface area contributed by atoms with E-state index in [2.05, 4.69) is 35.5 Å². The highest BCUT2D eigenvalue weighted by atomic mass is 32.1. The zero-order valence-electron chi connectivity index (χ0n) is 21.2. The van der Waals surface area contributed by atoms with E-state index in [4.69, 9.17) is 4.98 Å². The third-order valence-electron chi connectivity index (χ3n) is 7.14. The summed E-state index contributed by atoms with van der Waals surface area (Å²) in [4.78, 5) is 46.7. The number of H-pyrrole nitrogens is 2. The summed E-state index contributed by atoms with van der Waals surface area (Å²) in [5.74, 6) is -0.221. The summed E-state index contributed by atoms with van der Waals surface area (Å²) in [5.41, 5.74) is 3.62. The molecule has 198 valence electrons. The van der Waals surface area contributed by atoms with Gasteiger partial charge in [-0.15, -0.1) is 11.3 Å². The van der Waals surface area contributed by atoms with E-state index in [1.165, 1.54) is 30.7 Å². The van der Waals surface area contributed by atoms with Gasteiger partial charge in [0, 0.05) is 35.6 Å². The molecule has 6 aromatic rings. The minimum absolute atomic E-state index is 0.0161. The number of nitrogens with one attached hydrogen (secondary N) is 3. The van der Waals surface area contributed by atoms with E-state index in [9.17, 15) is 9.59 Å². The summed E-state index contributed by atoms with van der Waals surface area (Å²) in [5, 5.41) is 10.1. The van der Waals surface area contributed by atoms with Gasteiger partial charge in [-0.25, -0.2) is 14.4 Å². The third kappa shape index (κ3) is 4.04. The normalized spacial score (nSPS) is 13.6. The van der Waals surface area contributed by atoms with Crippen molar-refractivity contribution in [2.75, 3.05) is 5.32 Å². The van der Waals surface area contributed by atoms with Crippen LogP contribution in [0.25, 0.3) is 55.3 Å². The van der Waals surface area contributed by atoms with Crippen molar-refractivity contribution in [3.8, 4) is 33.2 Å². The van der Waals surface area contributed by atoms with Crippen LogP contribution in [0.1, 0.15) is 35.9 Å². The number of amides is 1. The maximum absolute atomic E-state index is 16.1. The molecule has 6 aromatic heterocycles. The fourth-order valence-electron chi connectivity index (χ4n) is 4.78. The fourth-order valence-corrected chi connectivity index (χ4v) is 5.68. The van der Waals surface area contributed by atoms with E-state index < -0.39 is 5.82 Å². The number of thiophene rings is 1. The van der Waals surface area contributed by atoms with Crippen LogP contribution in [0.4, 0.5) is 10.1 Å². The number of pyridine rings is 3. The van der Waals surface area contributed by atoms with Crippen molar-refractivity contribution in [2.24, 2.45) is 5.92 Å². The summed E-state index contributed by atoms with van der Waals surface area (Å²) >= 11 is 1.34. The summed E-state index contributed by atoms with van der Waals surface area (Å²) in [7, 11) is 0. The van der Waals surface area contributed by atoms with Crippen molar-refractivity contribution in [3.05, 3.63) is 59.7 Å². The molecule has 3 N–H and O–H groups in total. The monoisotopic (exact) mass is 552 g/mol. The lowest BCUT2D eigenvalue weighted by molar-refractivity contribution is -0.122. The van der Waals surface area contributed by atoms with Crippen molar-refractivity contribution in [3.63, 3.8) is 0 Å². The molecule has 0 aliphatic heterocycles. The van der Waals surface area contributed by atoms with Gasteiger partial charge in [0.2, 0.25) is 5.91 Å². The predicted octanol–water partition coefficient (Wildman–Crippen LogP) is 5.77. The fraction of sp³-hybridized carbons (Fsp3) is 0.179. The molecule has 0 saturated heterocycles. The summed E-state index contributed by atoms with van der Waals surface area (Å²) in [6, 6.07) is 7.08. The Hall–Kier alpha value is -4.84. The number of Topliss-reactive ketones (excluding diaryl/α,β-unsaturated/α-hetero) is 1. The van der Waals surface area contributed by atoms with Crippen molar-refractivity contribution in [1.29, 1.82) is 0 Å². The number of anilines is 1. The quantitative estimate of drug-likeness (QED) is 0.223. The molecule has 7 rings (SSSR count). The van der Waals surface area contributed by atoms with E-state index in [1.54, 1.807) is 30.6 Å². The largest absolute Gasteiger partial charge is 0.337 e. The van der Waals surface area contributed by atoms with Crippen LogP contribution in [0.3, 0.4) is 0 Å². The molecule has 40 heavy (non-hydrogen) atoms. The maximum Gasteiger partial charge on any atom is 0.227 e. The van der Waals surface area contributed by atoms with E-state index >= 15 is 4.39 Å². The first-order valence-electron chi connectivity index (χ1n) is 12.7. The van der Waals surface area contributed by atoms with Crippen molar-refractivity contribution >= 4 is 50.8 Å². The maximum atomic E-state index is 16.1. The number of ketones is 1. The molecule has 12 heteroatoms. The van der Waals surface area contributed by atoms with Gasteiger partial charge >= 0.3 is 0 Å². The second kappa shape index (κ2) is 9.42. The number of hydrogen-bond donors (Lipinski definition) is 3. The molecule has 1 aliphatic rings. The van der Waals surface area contributed by atoms with Gasteiger partial charge in [-0.1, -0.05) is 6.42 Å². The summed E-state index contributed by atoms with van der Waals surface area (Å²) in [6.45, 7) is 1.52. The van der Waals surface area contributed by atoms with E-state index in [0.29, 0.717) is 44.4 Å². The van der Waals surface area contributed by atoms with Crippen LogP contribution in [0.2, 0.25) is 0 Å². The predicted molar refractivity (Wildman–Crippen MR) is 149 cm³/mol. The van der Waals surface area contributed by atoms with Crippen molar-refractivity contribution < 1.29 is 14.0 Å². The smallest absolute Gasteiger partial charge is 0.227 e. The minimum Gasteiger partial charge on any atom is -0.337 e. The Kier molecular flexibility index (Phi) is 5.70. The number of carbonyl (C=O) groups is 2. The SMILES string of the molecule is CC(=O)c1ccc(-c2nccc3[nH]c(-c4[nH]nc5ncc(-c6cncc(NC(=O)C7CCC7)c6)c(F)c45)nc23)s1. The third-order valence-corrected chi connectivity index (χ3v) is 8.33. The molecule has 1 fully saturated rings. The number of aromatic amines is 2. The van der Waals surface area contributed by atoms with Crippen LogP contribution in [0.5, 0.6) is 0 Å². The number of carbonyl (C=O) groups excluding carboxylic acids is 2. The van der Waals surface area contributed by atoms with Crippen molar-refractivity contribution in [2.45, 2.75) is 26.2 Å². The zero-order chi connectivity index (χ0) is 27.4. The molecule has 10 nitrogen and oxygen atoms in total. The highest BCUT2D eigenvalue weighted by Crippen LogP contribution is 2.36. The first kappa shape index (κ1) is 24.2. The molecule has 0 atom stereocenters. The molecule has 0 spiro atoms. The molecule has 1 saturated carbocycles. The topological polar surface area (TPSA) is 142 Å². The Morgan fingerprint density at radius 1 is 1.12 bits per heavy atom. The first-order valence-corrected chi connectivity index (χ1v) is 13.5. The molecule has 1 amide bonds. The number of nitrogens with zero attached hydrogens (tertiary/aromatic N) is 5. The van der Waals surface area contributed by atoms with Gasteiger partial charge in [0.25, 0.3) is 0 Å². The van der Waals surface area contributed by atoms with Gasteiger partial charge < -0.3 is 10.3 Å². The second-order valence-corrected chi connectivity index (χ2v) is 10.8. The van der Waals surface area contributed by atoms with E-state index in [-0.39, 0.29) is 34.2 Å². The Labute approximate surface area is 230 Å². The molecule has 6 heterocycles.